The quantitative estimate of drug-likeness (QED) is 0.236. The maximum Gasteiger partial charge on any atom is 0.0545 e. The van der Waals surface area contributed by atoms with E-state index in [-0.39, 0.29) is 5.41 Å². The van der Waals surface area contributed by atoms with Crippen molar-refractivity contribution in [1.29, 1.82) is 0 Å². The largest absolute Gasteiger partial charge is 0.312 e. The van der Waals surface area contributed by atoms with Crippen LogP contribution in [0.4, 0.5) is 0 Å². The van der Waals surface area contributed by atoms with E-state index in [4.69, 9.17) is 0 Å². The zero-order valence-electron chi connectivity index (χ0n) is 20.9. The van der Waals surface area contributed by atoms with E-state index < -0.39 is 0 Å². The Labute approximate surface area is 216 Å². The summed E-state index contributed by atoms with van der Waals surface area (Å²) in [6.45, 7) is 4.81. The van der Waals surface area contributed by atoms with E-state index in [2.05, 4.69) is 144 Å². The molecule has 8 rings (SSSR count). The Balaban J connectivity index is 1.55. The van der Waals surface area contributed by atoms with Gasteiger partial charge in [0.1, 0.15) is 0 Å². The fraction of sp³-hybridized carbons (Fsp3) is 0.0857. The smallest absolute Gasteiger partial charge is 0.0545 e. The van der Waals surface area contributed by atoms with E-state index >= 15 is 0 Å². The third kappa shape index (κ3) is 2.60. The van der Waals surface area contributed by atoms with Crippen LogP contribution in [0.3, 0.4) is 0 Å². The first kappa shape index (κ1) is 20.6. The third-order valence-corrected chi connectivity index (χ3v) is 8.23. The Bertz CT molecular complexity index is 1990. The van der Waals surface area contributed by atoms with E-state index in [0.29, 0.717) is 0 Å². The van der Waals surface area contributed by atoms with Gasteiger partial charge >= 0.3 is 0 Å². The molecular weight excluding hydrogens is 448 g/mol. The van der Waals surface area contributed by atoms with Crippen LogP contribution in [0.1, 0.15) is 25.1 Å². The third-order valence-electron chi connectivity index (χ3n) is 8.23. The lowest BCUT2D eigenvalue weighted by atomic mass is 9.78. The molecule has 0 bridgehead atoms. The molecule has 0 unspecified atom stereocenters. The molecule has 0 spiro atoms. The second kappa shape index (κ2) is 7.24. The summed E-state index contributed by atoms with van der Waals surface area (Å²) in [7, 11) is 0. The van der Waals surface area contributed by atoms with Crippen LogP contribution >= 0.6 is 0 Å². The molecular formula is C35H26N2. The first-order valence-electron chi connectivity index (χ1n) is 13.0. The molecule has 0 N–H and O–H groups in total. The SMILES string of the molecule is CC1(C)c2c(ccc3c2c2ccccc2n3-c2ccccc2)-n2c1c(-c1ccccc1)c1ccccc12. The lowest BCUT2D eigenvalue weighted by molar-refractivity contribution is 0.652. The standard InChI is InChI=1S/C35H26N2/c1-35(2)33-30(37-28-20-12-9-17-25(28)31(34(35)37)23-13-5-3-6-14-23)22-21-29-32(33)26-18-10-11-19-27(26)36(29)24-15-7-4-8-16-24/h3-22H,1-2H3. The lowest BCUT2D eigenvalue weighted by Gasteiger charge is -2.23. The van der Waals surface area contributed by atoms with E-state index in [1.165, 1.54) is 66.5 Å². The van der Waals surface area contributed by atoms with Crippen LogP contribution in [0.5, 0.6) is 0 Å². The molecule has 0 atom stereocenters. The number of rotatable bonds is 2. The summed E-state index contributed by atoms with van der Waals surface area (Å²) in [4.78, 5) is 0. The fourth-order valence-corrected chi connectivity index (χ4v) is 6.82. The molecule has 176 valence electrons. The fourth-order valence-electron chi connectivity index (χ4n) is 6.82. The van der Waals surface area contributed by atoms with Gasteiger partial charge in [0.2, 0.25) is 0 Å². The highest BCUT2D eigenvalue weighted by molar-refractivity contribution is 6.14. The molecule has 7 aromatic rings. The van der Waals surface area contributed by atoms with Crippen molar-refractivity contribution in [2.45, 2.75) is 19.3 Å². The Morgan fingerprint density at radius 1 is 0.514 bits per heavy atom. The number of benzene rings is 5. The predicted octanol–water partition coefficient (Wildman–Crippen LogP) is 9.03. The van der Waals surface area contributed by atoms with Crippen molar-refractivity contribution in [1.82, 2.24) is 9.13 Å². The van der Waals surface area contributed by atoms with Gasteiger partial charge in [-0.2, -0.15) is 0 Å². The summed E-state index contributed by atoms with van der Waals surface area (Å²) >= 11 is 0. The van der Waals surface area contributed by atoms with Gasteiger partial charge < -0.3 is 9.13 Å². The molecule has 0 amide bonds. The molecule has 1 aliphatic heterocycles. The van der Waals surface area contributed by atoms with Gasteiger partial charge in [0.25, 0.3) is 0 Å². The van der Waals surface area contributed by atoms with Crippen molar-refractivity contribution >= 4 is 32.7 Å². The summed E-state index contributed by atoms with van der Waals surface area (Å²) < 4.78 is 4.95. The van der Waals surface area contributed by atoms with E-state index in [9.17, 15) is 0 Å². The summed E-state index contributed by atoms with van der Waals surface area (Å²) in [5, 5.41) is 3.98. The van der Waals surface area contributed by atoms with Crippen LogP contribution in [-0.2, 0) is 5.41 Å². The highest BCUT2D eigenvalue weighted by Crippen LogP contribution is 2.54. The van der Waals surface area contributed by atoms with Crippen molar-refractivity contribution in [3.05, 3.63) is 133 Å². The minimum atomic E-state index is -0.190. The summed E-state index contributed by atoms with van der Waals surface area (Å²) in [5.74, 6) is 0. The molecule has 0 radical (unpaired) electrons. The van der Waals surface area contributed by atoms with Crippen molar-refractivity contribution in [2.24, 2.45) is 0 Å². The predicted molar refractivity (Wildman–Crippen MR) is 155 cm³/mol. The summed E-state index contributed by atoms with van der Waals surface area (Å²) in [5.41, 5.74) is 11.5. The van der Waals surface area contributed by atoms with Gasteiger partial charge in [-0.3, -0.25) is 0 Å². The van der Waals surface area contributed by atoms with Gasteiger partial charge in [0, 0.05) is 38.5 Å². The highest BCUT2D eigenvalue weighted by Gasteiger charge is 2.42. The Kier molecular flexibility index (Phi) is 4.03. The van der Waals surface area contributed by atoms with Crippen LogP contribution in [-0.4, -0.2) is 9.13 Å². The van der Waals surface area contributed by atoms with E-state index in [0.717, 1.165) is 0 Å². The van der Waals surface area contributed by atoms with Gasteiger partial charge in [-0.25, -0.2) is 0 Å². The molecule has 37 heavy (non-hydrogen) atoms. The number of nitrogens with zero attached hydrogens (tertiary/aromatic N) is 2. The second-order valence-electron chi connectivity index (χ2n) is 10.6. The average Bonchev–Trinajstić information content (AvgIpc) is 3.54. The number of fused-ring (bicyclic) bond motifs is 9. The van der Waals surface area contributed by atoms with Gasteiger partial charge in [0.15, 0.2) is 0 Å². The van der Waals surface area contributed by atoms with Crippen molar-refractivity contribution < 1.29 is 0 Å². The minimum Gasteiger partial charge on any atom is -0.312 e. The molecule has 2 nitrogen and oxygen atoms in total. The van der Waals surface area contributed by atoms with Crippen LogP contribution in [0.25, 0.3) is 55.2 Å². The van der Waals surface area contributed by atoms with Gasteiger partial charge in [-0.05, 0) is 47.5 Å². The molecule has 0 saturated carbocycles. The minimum absolute atomic E-state index is 0.190. The molecule has 0 aliphatic carbocycles. The normalized spacial score (nSPS) is 13.9. The van der Waals surface area contributed by atoms with Gasteiger partial charge in [-0.15, -0.1) is 0 Å². The zero-order valence-corrected chi connectivity index (χ0v) is 20.9. The topological polar surface area (TPSA) is 9.86 Å². The monoisotopic (exact) mass is 474 g/mol. The maximum atomic E-state index is 2.53. The van der Waals surface area contributed by atoms with Crippen molar-refractivity contribution in [3.8, 4) is 22.5 Å². The van der Waals surface area contributed by atoms with Crippen LogP contribution in [0.15, 0.2) is 121 Å². The zero-order chi connectivity index (χ0) is 24.7. The number of aromatic nitrogens is 2. The van der Waals surface area contributed by atoms with Crippen molar-refractivity contribution in [3.63, 3.8) is 0 Å². The highest BCUT2D eigenvalue weighted by atomic mass is 15.1. The molecule has 2 heteroatoms. The first-order chi connectivity index (χ1) is 18.2. The second-order valence-corrected chi connectivity index (χ2v) is 10.6. The van der Waals surface area contributed by atoms with Crippen LogP contribution in [0.2, 0.25) is 0 Å². The molecule has 1 aliphatic rings. The van der Waals surface area contributed by atoms with Crippen LogP contribution in [0, 0.1) is 0 Å². The Hall–Kier alpha value is -4.56. The summed E-state index contributed by atoms with van der Waals surface area (Å²) in [6, 6.07) is 44.0. The molecule has 0 saturated heterocycles. The maximum absolute atomic E-state index is 2.53. The molecule has 0 fully saturated rings. The summed E-state index contributed by atoms with van der Waals surface area (Å²) in [6.07, 6.45) is 0. The van der Waals surface area contributed by atoms with Gasteiger partial charge in [-0.1, -0.05) is 98.8 Å². The van der Waals surface area contributed by atoms with Crippen LogP contribution < -0.4 is 0 Å². The van der Waals surface area contributed by atoms with E-state index in [1.54, 1.807) is 0 Å². The number of hydrogen-bond donors (Lipinski definition) is 0. The Morgan fingerprint density at radius 3 is 1.84 bits per heavy atom. The van der Waals surface area contributed by atoms with Crippen molar-refractivity contribution in [2.75, 3.05) is 0 Å². The molecule has 5 aromatic carbocycles. The average molecular weight is 475 g/mol. The number of hydrogen-bond acceptors (Lipinski definition) is 0. The Morgan fingerprint density at radius 2 is 1.11 bits per heavy atom. The molecule has 2 aromatic heterocycles. The van der Waals surface area contributed by atoms with Gasteiger partial charge in [0.05, 0.1) is 22.2 Å². The number of para-hydroxylation sites is 3. The molecule has 3 heterocycles. The first-order valence-corrected chi connectivity index (χ1v) is 13.0. The van der Waals surface area contributed by atoms with E-state index in [1.807, 2.05) is 0 Å². The lowest BCUT2D eigenvalue weighted by Crippen LogP contribution is -2.17.